The maximum atomic E-state index is 12.9. The van der Waals surface area contributed by atoms with E-state index in [9.17, 15) is 4.79 Å². The Bertz CT molecular complexity index is 554. The first-order chi connectivity index (χ1) is 8.97. The molecule has 2 aliphatic carbocycles. The van der Waals surface area contributed by atoms with E-state index < -0.39 is 0 Å². The lowest BCUT2D eigenvalue weighted by atomic mass is 9.65. The van der Waals surface area contributed by atoms with Crippen LogP contribution < -0.4 is 0 Å². The second-order valence-corrected chi connectivity index (χ2v) is 7.34. The predicted molar refractivity (Wildman–Crippen MR) is 74.8 cm³/mol. The predicted octanol–water partition coefficient (Wildman–Crippen LogP) is 3.48. The second-order valence-electron chi connectivity index (χ2n) is 7.34. The normalized spacial score (nSPS) is 45.2. The van der Waals surface area contributed by atoms with E-state index in [1.807, 2.05) is 23.3 Å². The van der Waals surface area contributed by atoms with Crippen LogP contribution in [-0.2, 0) is 4.79 Å². The topological polar surface area (TPSA) is 20.3 Å². The second kappa shape index (κ2) is 3.23. The van der Waals surface area contributed by atoms with Gasteiger partial charge in [0.25, 0.3) is 0 Å². The van der Waals surface area contributed by atoms with E-state index in [-0.39, 0.29) is 16.7 Å². The van der Waals surface area contributed by atoms with Crippen LogP contribution in [0.5, 0.6) is 0 Å². The van der Waals surface area contributed by atoms with E-state index in [0.29, 0.717) is 17.7 Å². The summed E-state index contributed by atoms with van der Waals surface area (Å²) in [5.41, 5.74) is 1.64. The number of carbonyl (C=O) groups excluding carboxylic acids is 1. The Balaban J connectivity index is 1.88. The van der Waals surface area contributed by atoms with Gasteiger partial charge in [0.15, 0.2) is 0 Å². The minimum absolute atomic E-state index is 0.202. The fraction of sp³-hybridized carbons (Fsp3) is 0.588. The molecule has 0 spiro atoms. The molecule has 4 atom stereocenters. The molecule has 2 heterocycles. The molecular formula is C17H21NO. The van der Waals surface area contributed by atoms with Crippen molar-refractivity contribution in [3.05, 3.63) is 36.2 Å². The summed E-state index contributed by atoms with van der Waals surface area (Å²) in [6.07, 6.45) is 12.8. The molecule has 0 aromatic heterocycles. The summed E-state index contributed by atoms with van der Waals surface area (Å²) in [5.74, 6) is 1.50. The molecule has 100 valence electrons. The van der Waals surface area contributed by atoms with Crippen LogP contribution in [0.3, 0.4) is 0 Å². The Morgan fingerprint density at radius 2 is 2.05 bits per heavy atom. The molecule has 0 radical (unpaired) electrons. The van der Waals surface area contributed by atoms with Crippen molar-refractivity contribution in [3.8, 4) is 0 Å². The van der Waals surface area contributed by atoms with Gasteiger partial charge < -0.3 is 0 Å². The lowest BCUT2D eigenvalue weighted by Crippen LogP contribution is -2.44. The zero-order chi connectivity index (χ0) is 13.4. The van der Waals surface area contributed by atoms with Gasteiger partial charge in [0.2, 0.25) is 5.91 Å². The van der Waals surface area contributed by atoms with E-state index in [2.05, 4.69) is 32.9 Å². The molecule has 0 aromatic rings. The van der Waals surface area contributed by atoms with E-state index in [1.165, 1.54) is 12.8 Å². The molecule has 4 aliphatic rings. The van der Waals surface area contributed by atoms with E-state index in [1.54, 1.807) is 0 Å². The Labute approximate surface area is 114 Å². The molecule has 19 heavy (non-hydrogen) atoms. The number of hydrogen-bond acceptors (Lipinski definition) is 1. The summed E-state index contributed by atoms with van der Waals surface area (Å²) < 4.78 is 0. The number of rotatable bonds is 0. The Hall–Kier alpha value is -1.31. The molecule has 0 N–H and O–H groups in total. The summed E-state index contributed by atoms with van der Waals surface area (Å²) in [7, 11) is 0. The van der Waals surface area contributed by atoms with Gasteiger partial charge in [0.1, 0.15) is 0 Å². The monoisotopic (exact) mass is 255 g/mol. The maximum absolute atomic E-state index is 12.9. The van der Waals surface area contributed by atoms with Crippen molar-refractivity contribution in [2.45, 2.75) is 33.6 Å². The van der Waals surface area contributed by atoms with Crippen LogP contribution in [0, 0.1) is 28.6 Å². The molecule has 4 rings (SSSR count). The maximum Gasteiger partial charge on any atom is 0.235 e. The molecule has 1 amide bonds. The Morgan fingerprint density at radius 3 is 2.84 bits per heavy atom. The third kappa shape index (κ3) is 1.12. The van der Waals surface area contributed by atoms with Crippen LogP contribution in [0.25, 0.3) is 0 Å². The third-order valence-corrected chi connectivity index (χ3v) is 6.69. The lowest BCUT2D eigenvalue weighted by Gasteiger charge is -2.42. The zero-order valence-corrected chi connectivity index (χ0v) is 11.9. The highest BCUT2D eigenvalue weighted by Gasteiger charge is 2.68. The molecule has 2 nitrogen and oxygen atoms in total. The lowest BCUT2D eigenvalue weighted by molar-refractivity contribution is -0.135. The molecule has 2 aliphatic heterocycles. The average Bonchev–Trinajstić information content (AvgIpc) is 2.71. The SMILES string of the molecule is CC1(C)C2CCC1(C)C1C=C3C=CC=CN3C(=O)C21. The molecule has 0 saturated heterocycles. The van der Waals surface area contributed by atoms with Crippen molar-refractivity contribution in [2.75, 3.05) is 0 Å². The molecular weight excluding hydrogens is 234 g/mol. The number of nitrogens with zero attached hydrogens (tertiary/aromatic N) is 1. The van der Waals surface area contributed by atoms with Crippen LogP contribution in [-0.4, -0.2) is 10.8 Å². The van der Waals surface area contributed by atoms with Gasteiger partial charge in [-0.15, -0.1) is 0 Å². The van der Waals surface area contributed by atoms with E-state index in [4.69, 9.17) is 0 Å². The highest BCUT2D eigenvalue weighted by Crippen LogP contribution is 2.71. The van der Waals surface area contributed by atoms with Gasteiger partial charge in [-0.25, -0.2) is 0 Å². The summed E-state index contributed by atoms with van der Waals surface area (Å²) in [4.78, 5) is 14.7. The first kappa shape index (κ1) is 11.5. The summed E-state index contributed by atoms with van der Waals surface area (Å²) in [6, 6.07) is 0. The number of carbonyl (C=O) groups is 1. The fourth-order valence-corrected chi connectivity index (χ4v) is 5.18. The molecule has 2 bridgehead atoms. The van der Waals surface area contributed by atoms with Crippen molar-refractivity contribution in [2.24, 2.45) is 28.6 Å². The first-order valence-corrected chi connectivity index (χ1v) is 7.36. The number of fused-ring (bicyclic) bond motifs is 6. The van der Waals surface area contributed by atoms with Crippen LogP contribution in [0.2, 0.25) is 0 Å². The number of allylic oxidation sites excluding steroid dienone is 4. The summed E-state index contributed by atoms with van der Waals surface area (Å²) in [5, 5.41) is 0. The van der Waals surface area contributed by atoms with Gasteiger partial charge in [0.05, 0.1) is 0 Å². The zero-order valence-electron chi connectivity index (χ0n) is 11.9. The number of amides is 1. The van der Waals surface area contributed by atoms with Crippen LogP contribution >= 0.6 is 0 Å². The minimum atomic E-state index is 0.202. The summed E-state index contributed by atoms with van der Waals surface area (Å²) in [6.45, 7) is 7.15. The van der Waals surface area contributed by atoms with E-state index in [0.717, 1.165) is 5.70 Å². The smallest absolute Gasteiger partial charge is 0.235 e. The van der Waals surface area contributed by atoms with Crippen molar-refractivity contribution < 1.29 is 4.79 Å². The van der Waals surface area contributed by atoms with Crippen molar-refractivity contribution in [3.63, 3.8) is 0 Å². The van der Waals surface area contributed by atoms with E-state index >= 15 is 0 Å². The number of hydrogen-bond donors (Lipinski definition) is 0. The van der Waals surface area contributed by atoms with Crippen LogP contribution in [0.15, 0.2) is 36.2 Å². The third-order valence-electron chi connectivity index (χ3n) is 6.69. The Kier molecular flexibility index (Phi) is 1.95. The molecule has 2 fully saturated rings. The molecule has 2 heteroatoms. The quantitative estimate of drug-likeness (QED) is 0.649. The van der Waals surface area contributed by atoms with Crippen LogP contribution in [0.4, 0.5) is 0 Å². The summed E-state index contributed by atoms with van der Waals surface area (Å²) >= 11 is 0. The van der Waals surface area contributed by atoms with Crippen molar-refractivity contribution in [1.82, 2.24) is 4.90 Å². The highest BCUT2D eigenvalue weighted by atomic mass is 16.2. The largest absolute Gasteiger partial charge is 0.288 e. The first-order valence-electron chi connectivity index (χ1n) is 7.36. The van der Waals surface area contributed by atoms with Gasteiger partial charge in [-0.05, 0) is 47.7 Å². The van der Waals surface area contributed by atoms with Gasteiger partial charge in [-0.2, -0.15) is 0 Å². The highest BCUT2D eigenvalue weighted by molar-refractivity contribution is 5.86. The average molecular weight is 255 g/mol. The standard InChI is InChI=1S/C17H21NO/c1-16(2)12-7-8-17(16,3)13-10-11-6-4-5-9-18(11)15(19)14(12)13/h4-6,9-10,12-14H,7-8H2,1-3H3. The fourth-order valence-electron chi connectivity index (χ4n) is 5.18. The van der Waals surface area contributed by atoms with Crippen molar-refractivity contribution >= 4 is 5.91 Å². The van der Waals surface area contributed by atoms with Crippen LogP contribution in [0.1, 0.15) is 33.6 Å². The molecule has 0 aromatic carbocycles. The van der Waals surface area contributed by atoms with Gasteiger partial charge >= 0.3 is 0 Å². The van der Waals surface area contributed by atoms with Gasteiger partial charge in [-0.3, -0.25) is 9.69 Å². The van der Waals surface area contributed by atoms with Crippen molar-refractivity contribution in [1.29, 1.82) is 0 Å². The van der Waals surface area contributed by atoms with Gasteiger partial charge in [0, 0.05) is 17.8 Å². The Morgan fingerprint density at radius 1 is 1.26 bits per heavy atom. The van der Waals surface area contributed by atoms with Gasteiger partial charge in [-0.1, -0.05) is 32.9 Å². The molecule has 4 unspecified atom stereocenters. The molecule has 2 saturated carbocycles. The minimum Gasteiger partial charge on any atom is -0.288 e.